The quantitative estimate of drug-likeness (QED) is 0.216. The van der Waals surface area contributed by atoms with Crippen molar-refractivity contribution in [1.29, 1.82) is 0 Å². The van der Waals surface area contributed by atoms with Gasteiger partial charge in [0.1, 0.15) is 22.1 Å². The minimum Gasteiger partial charge on any atom is -0.496 e. The number of methoxy groups -OCH3 is 2. The normalized spacial score (nSPS) is 16.8. The molecule has 0 saturated heterocycles. The zero-order chi connectivity index (χ0) is 30.0. The zero-order valence-electron chi connectivity index (χ0n) is 24.0. The molecular weight excluding hydrogens is 577 g/mol. The Morgan fingerprint density at radius 1 is 1.10 bits per heavy atom. The van der Waals surface area contributed by atoms with Gasteiger partial charge in [-0.25, -0.2) is 14.2 Å². The number of halogens is 2. The molecule has 2 heterocycles. The summed E-state index contributed by atoms with van der Waals surface area (Å²) in [7, 11) is 4.87. The van der Waals surface area contributed by atoms with Crippen molar-refractivity contribution in [3.05, 3.63) is 81.2 Å². The van der Waals surface area contributed by atoms with Gasteiger partial charge in [-0.05, 0) is 86.7 Å². The average Bonchev–Trinajstić information content (AvgIpc) is 3.39. The second-order valence-corrected chi connectivity index (χ2v) is 11.9. The van der Waals surface area contributed by atoms with Crippen molar-refractivity contribution in [2.75, 3.05) is 21.3 Å². The van der Waals surface area contributed by atoms with Crippen molar-refractivity contribution < 1.29 is 23.5 Å². The Hall–Kier alpha value is -3.53. The molecule has 7 nitrogen and oxygen atoms in total. The Labute approximate surface area is 253 Å². The molecule has 42 heavy (non-hydrogen) atoms. The van der Waals surface area contributed by atoms with Gasteiger partial charge in [0.15, 0.2) is 0 Å². The number of nitrogens with zero attached hydrogens (tertiary/aromatic N) is 2. The van der Waals surface area contributed by atoms with Crippen LogP contribution in [0.2, 0.25) is 5.02 Å². The van der Waals surface area contributed by atoms with Crippen LogP contribution in [0.5, 0.6) is 5.75 Å². The lowest BCUT2D eigenvalue weighted by molar-refractivity contribution is 0.0590. The Morgan fingerprint density at radius 2 is 1.83 bits per heavy atom. The molecule has 1 aliphatic rings. The van der Waals surface area contributed by atoms with E-state index in [1.807, 2.05) is 43.1 Å². The number of aromatic nitrogens is 1. The predicted molar refractivity (Wildman–Crippen MR) is 164 cm³/mol. The van der Waals surface area contributed by atoms with Crippen molar-refractivity contribution in [3.8, 4) is 16.9 Å². The molecule has 4 aromatic rings. The predicted octanol–water partition coefficient (Wildman–Crippen LogP) is 7.03. The first-order chi connectivity index (χ1) is 20.2. The number of carbonyl (C=O) groups is 2. The summed E-state index contributed by atoms with van der Waals surface area (Å²) in [6.45, 7) is 2.14. The third kappa shape index (κ3) is 5.86. The van der Waals surface area contributed by atoms with Crippen molar-refractivity contribution >= 4 is 44.9 Å². The molecule has 220 valence electrons. The number of fused-ring (bicyclic) bond motifs is 1. The molecule has 2 aromatic carbocycles. The topological polar surface area (TPSA) is 80.8 Å². The van der Waals surface area contributed by atoms with E-state index in [4.69, 9.17) is 21.1 Å². The standard InChI is InChI=1S/C32H33ClFN3O4S/c1-18-5-11-24(34)29-27(18)28(33)30(42-29)31(38)37(23-9-7-22(35-2)8-10-23)17-21-15-19(6-12-26(21)40-3)20-13-14-36-25(16-20)32(39)41-4/h5-6,11-16,22-23,35H,7-10,17H2,1-4H3. The van der Waals surface area contributed by atoms with Crippen molar-refractivity contribution in [3.63, 3.8) is 0 Å². The van der Waals surface area contributed by atoms with E-state index >= 15 is 0 Å². The first-order valence-corrected chi connectivity index (χ1v) is 15.0. The van der Waals surface area contributed by atoms with E-state index in [0.29, 0.717) is 31.8 Å². The van der Waals surface area contributed by atoms with Gasteiger partial charge in [-0.2, -0.15) is 0 Å². The minimum absolute atomic E-state index is 0.0328. The number of aryl methyl sites for hydroxylation is 1. The molecule has 1 fully saturated rings. The Bertz CT molecular complexity index is 1630. The maximum atomic E-state index is 14.8. The second kappa shape index (κ2) is 12.8. The van der Waals surface area contributed by atoms with Crippen LogP contribution in [-0.2, 0) is 11.3 Å². The van der Waals surface area contributed by atoms with Gasteiger partial charge in [-0.15, -0.1) is 11.3 Å². The molecule has 1 saturated carbocycles. The largest absolute Gasteiger partial charge is 0.496 e. The molecule has 0 atom stereocenters. The van der Waals surface area contributed by atoms with E-state index in [-0.39, 0.29) is 30.0 Å². The number of amides is 1. The number of carbonyl (C=O) groups excluding carboxylic acids is 2. The molecule has 1 N–H and O–H groups in total. The summed E-state index contributed by atoms with van der Waals surface area (Å²) in [5.74, 6) is -0.503. The molecule has 0 spiro atoms. The van der Waals surface area contributed by atoms with Crippen molar-refractivity contribution in [1.82, 2.24) is 15.2 Å². The summed E-state index contributed by atoms with van der Waals surface area (Å²) >= 11 is 7.90. The number of ether oxygens (including phenoxy) is 2. The van der Waals surface area contributed by atoms with Crippen LogP contribution in [0.3, 0.4) is 0 Å². The number of rotatable bonds is 8. The van der Waals surface area contributed by atoms with E-state index in [0.717, 1.165) is 59.3 Å². The number of hydrogen-bond donors (Lipinski definition) is 1. The summed E-state index contributed by atoms with van der Waals surface area (Å²) in [6, 6.07) is 12.7. The summed E-state index contributed by atoms with van der Waals surface area (Å²) in [5, 5.41) is 4.23. The van der Waals surface area contributed by atoms with Crippen LogP contribution in [-0.4, -0.2) is 55.1 Å². The summed E-state index contributed by atoms with van der Waals surface area (Å²) in [5.41, 5.74) is 3.44. The summed E-state index contributed by atoms with van der Waals surface area (Å²) < 4.78 is 25.7. The number of esters is 1. The number of hydrogen-bond acceptors (Lipinski definition) is 7. The first kappa shape index (κ1) is 29.9. The number of nitrogens with one attached hydrogen (secondary N) is 1. The third-order valence-electron chi connectivity index (χ3n) is 8.05. The third-order valence-corrected chi connectivity index (χ3v) is 9.73. The molecule has 1 amide bonds. The molecule has 10 heteroatoms. The Morgan fingerprint density at radius 3 is 2.50 bits per heavy atom. The number of thiophene rings is 1. The highest BCUT2D eigenvalue weighted by atomic mass is 35.5. The van der Waals surface area contributed by atoms with Crippen LogP contribution < -0.4 is 10.1 Å². The van der Waals surface area contributed by atoms with Gasteiger partial charge in [0.25, 0.3) is 5.91 Å². The molecule has 2 aromatic heterocycles. The second-order valence-electron chi connectivity index (χ2n) is 10.5. The van der Waals surface area contributed by atoms with E-state index in [1.54, 1.807) is 25.4 Å². The van der Waals surface area contributed by atoms with E-state index in [1.165, 1.54) is 13.2 Å². The van der Waals surface area contributed by atoms with Gasteiger partial charge in [-0.3, -0.25) is 4.79 Å². The fourth-order valence-corrected chi connectivity index (χ4v) is 7.32. The molecule has 0 unspecified atom stereocenters. The molecule has 0 bridgehead atoms. The lowest BCUT2D eigenvalue weighted by atomic mass is 9.89. The highest BCUT2D eigenvalue weighted by Gasteiger charge is 2.33. The number of pyridine rings is 1. The van der Waals surface area contributed by atoms with E-state index < -0.39 is 5.97 Å². The van der Waals surface area contributed by atoms with Crippen molar-refractivity contribution in [2.24, 2.45) is 0 Å². The fourth-order valence-electron chi connectivity index (χ4n) is 5.69. The van der Waals surface area contributed by atoms with Gasteiger partial charge in [0.2, 0.25) is 0 Å². The zero-order valence-corrected chi connectivity index (χ0v) is 25.6. The lowest BCUT2D eigenvalue weighted by Crippen LogP contribution is -2.44. The summed E-state index contributed by atoms with van der Waals surface area (Å²) in [6.07, 6.45) is 5.07. The monoisotopic (exact) mass is 609 g/mol. The van der Waals surface area contributed by atoms with Crippen LogP contribution >= 0.6 is 22.9 Å². The molecular formula is C32H33ClFN3O4S. The molecule has 0 aliphatic heterocycles. The van der Waals surface area contributed by atoms with Crippen LogP contribution in [0.1, 0.15) is 57.0 Å². The van der Waals surface area contributed by atoms with E-state index in [2.05, 4.69) is 10.3 Å². The highest BCUT2D eigenvalue weighted by molar-refractivity contribution is 7.21. The maximum absolute atomic E-state index is 14.8. The van der Waals surface area contributed by atoms with Crippen molar-refractivity contribution in [2.45, 2.75) is 51.2 Å². The fraction of sp³-hybridized carbons (Fsp3) is 0.344. The maximum Gasteiger partial charge on any atom is 0.356 e. The molecule has 5 rings (SSSR count). The van der Waals surface area contributed by atoms with Crippen LogP contribution in [0, 0.1) is 12.7 Å². The van der Waals surface area contributed by atoms with E-state index in [9.17, 15) is 14.0 Å². The SMILES string of the molecule is CNC1CCC(N(Cc2cc(-c3ccnc(C(=O)OC)c3)ccc2OC)C(=O)c2sc3c(F)ccc(C)c3c2Cl)CC1. The van der Waals surface area contributed by atoms with Gasteiger partial charge >= 0.3 is 5.97 Å². The Kier molecular flexibility index (Phi) is 9.11. The molecule has 0 radical (unpaired) electrons. The minimum atomic E-state index is -0.522. The average molecular weight is 610 g/mol. The Balaban J connectivity index is 1.56. The van der Waals surface area contributed by atoms with Crippen LogP contribution in [0.15, 0.2) is 48.7 Å². The highest BCUT2D eigenvalue weighted by Crippen LogP contribution is 2.41. The lowest BCUT2D eigenvalue weighted by Gasteiger charge is -2.37. The molecule has 1 aliphatic carbocycles. The van der Waals surface area contributed by atoms with Gasteiger partial charge in [0, 0.05) is 35.8 Å². The number of benzene rings is 2. The summed E-state index contributed by atoms with van der Waals surface area (Å²) in [4.78, 5) is 32.7. The first-order valence-electron chi connectivity index (χ1n) is 13.8. The van der Waals surface area contributed by atoms with Gasteiger partial charge in [-0.1, -0.05) is 23.7 Å². The van der Waals surface area contributed by atoms with Crippen LogP contribution in [0.4, 0.5) is 4.39 Å². The van der Waals surface area contributed by atoms with Gasteiger partial charge < -0.3 is 19.7 Å². The smallest absolute Gasteiger partial charge is 0.356 e. The van der Waals surface area contributed by atoms with Gasteiger partial charge in [0.05, 0.1) is 23.9 Å². The van der Waals surface area contributed by atoms with Crippen LogP contribution in [0.25, 0.3) is 21.2 Å².